The maximum Gasteiger partial charge on any atom is 0.330 e. The minimum Gasteiger partial charge on any atom is -0.454 e. The molecule has 1 saturated heterocycles. The maximum atomic E-state index is 12.2. The van der Waals surface area contributed by atoms with E-state index in [1.165, 1.54) is 22.9 Å². The molecule has 0 aliphatic carbocycles. The van der Waals surface area contributed by atoms with Crippen LogP contribution in [0.15, 0.2) is 34.0 Å². The van der Waals surface area contributed by atoms with Gasteiger partial charge in [0.05, 0.1) is 12.7 Å². The van der Waals surface area contributed by atoms with Crippen molar-refractivity contribution in [3.05, 3.63) is 45.3 Å². The summed E-state index contributed by atoms with van der Waals surface area (Å²) in [6, 6.07) is 1.23. The molecule has 0 unspecified atom stereocenters. The molecule has 1 fully saturated rings. The quantitative estimate of drug-likeness (QED) is 0.439. The van der Waals surface area contributed by atoms with Crippen LogP contribution in [-0.2, 0) is 18.7 Å². The number of esters is 1. The number of hydrogen-bond donors (Lipinski definition) is 1. The van der Waals surface area contributed by atoms with Crippen molar-refractivity contribution in [2.45, 2.75) is 70.7 Å². The molecule has 1 aliphatic heterocycles. The molecular formula is C19H30N2O6Si. The van der Waals surface area contributed by atoms with Gasteiger partial charge in [-0.2, -0.15) is 0 Å². The molecule has 2 heterocycles. The number of carbonyl (C=O) groups excluding carboxylic acids is 1. The Morgan fingerprint density at radius 3 is 2.64 bits per heavy atom. The van der Waals surface area contributed by atoms with E-state index in [4.69, 9.17) is 13.9 Å². The molecule has 0 amide bonds. The van der Waals surface area contributed by atoms with Crippen LogP contribution in [0.4, 0.5) is 0 Å². The molecule has 3 atom stereocenters. The van der Waals surface area contributed by atoms with Crippen molar-refractivity contribution in [3.8, 4) is 0 Å². The first-order valence-corrected chi connectivity index (χ1v) is 12.3. The van der Waals surface area contributed by atoms with Gasteiger partial charge in [0, 0.05) is 24.8 Å². The summed E-state index contributed by atoms with van der Waals surface area (Å²) in [6.45, 7) is 12.8. The molecule has 0 spiro atoms. The summed E-state index contributed by atoms with van der Waals surface area (Å²) in [5.41, 5.74) is -1.12. The van der Waals surface area contributed by atoms with Crippen LogP contribution in [0.1, 0.15) is 40.3 Å². The topological polar surface area (TPSA) is 99.6 Å². The molecule has 1 aliphatic rings. The van der Waals surface area contributed by atoms with Crippen LogP contribution in [0.2, 0.25) is 18.1 Å². The number of H-pyrrole nitrogens is 1. The Morgan fingerprint density at radius 2 is 2.07 bits per heavy atom. The number of ether oxygens (including phenoxy) is 2. The van der Waals surface area contributed by atoms with Crippen molar-refractivity contribution in [1.82, 2.24) is 9.55 Å². The predicted molar refractivity (Wildman–Crippen MR) is 108 cm³/mol. The van der Waals surface area contributed by atoms with Gasteiger partial charge in [0.15, 0.2) is 14.5 Å². The van der Waals surface area contributed by atoms with E-state index in [-0.39, 0.29) is 11.1 Å². The molecule has 0 saturated carbocycles. The van der Waals surface area contributed by atoms with E-state index in [2.05, 4.69) is 38.8 Å². The SMILES string of the molecule is C/C=C/C(=O)O[C@@H]1C[C@@H](CO[Si](C)(C)C(C)(C)C)O[C@H]1n1ccc(=O)[nH]c1=O. The summed E-state index contributed by atoms with van der Waals surface area (Å²) in [5, 5.41) is 0.0542. The smallest absolute Gasteiger partial charge is 0.330 e. The van der Waals surface area contributed by atoms with Crippen molar-refractivity contribution < 1.29 is 18.7 Å². The van der Waals surface area contributed by atoms with Crippen LogP contribution >= 0.6 is 0 Å². The first-order chi connectivity index (χ1) is 12.9. The van der Waals surface area contributed by atoms with Crippen molar-refractivity contribution in [1.29, 1.82) is 0 Å². The third-order valence-electron chi connectivity index (χ3n) is 5.28. The molecule has 156 valence electrons. The van der Waals surface area contributed by atoms with E-state index < -0.39 is 37.9 Å². The van der Waals surface area contributed by atoms with Gasteiger partial charge < -0.3 is 13.9 Å². The predicted octanol–water partition coefficient (Wildman–Crippen LogP) is 2.33. The summed E-state index contributed by atoms with van der Waals surface area (Å²) in [6.07, 6.45) is 2.81. The van der Waals surface area contributed by atoms with Crippen LogP contribution in [0.25, 0.3) is 0 Å². The lowest BCUT2D eigenvalue weighted by Gasteiger charge is -2.36. The van der Waals surface area contributed by atoms with E-state index in [1.54, 1.807) is 13.0 Å². The summed E-state index contributed by atoms with van der Waals surface area (Å²) in [7, 11) is -1.97. The lowest BCUT2D eigenvalue weighted by atomic mass is 10.2. The summed E-state index contributed by atoms with van der Waals surface area (Å²) in [5.74, 6) is -0.510. The van der Waals surface area contributed by atoms with E-state index in [0.29, 0.717) is 13.0 Å². The van der Waals surface area contributed by atoms with E-state index in [1.807, 2.05) is 0 Å². The number of hydrogen-bond acceptors (Lipinski definition) is 6. The molecule has 0 radical (unpaired) electrons. The number of nitrogens with zero attached hydrogens (tertiary/aromatic N) is 1. The number of aromatic amines is 1. The lowest BCUT2D eigenvalue weighted by molar-refractivity contribution is -0.149. The van der Waals surface area contributed by atoms with Crippen LogP contribution in [0.3, 0.4) is 0 Å². The van der Waals surface area contributed by atoms with Crippen molar-refractivity contribution in [3.63, 3.8) is 0 Å². The van der Waals surface area contributed by atoms with E-state index >= 15 is 0 Å². The molecule has 0 bridgehead atoms. The van der Waals surface area contributed by atoms with Crippen LogP contribution in [-0.4, -0.2) is 42.7 Å². The second kappa shape index (κ2) is 8.58. The van der Waals surface area contributed by atoms with Gasteiger partial charge in [-0.15, -0.1) is 0 Å². The number of aromatic nitrogens is 2. The number of rotatable bonds is 6. The highest BCUT2D eigenvalue weighted by Crippen LogP contribution is 2.38. The van der Waals surface area contributed by atoms with Crippen molar-refractivity contribution in [2.75, 3.05) is 6.61 Å². The van der Waals surface area contributed by atoms with Gasteiger partial charge in [0.1, 0.15) is 6.10 Å². The number of carbonyl (C=O) groups is 1. The van der Waals surface area contributed by atoms with Gasteiger partial charge in [0.25, 0.3) is 5.56 Å². The van der Waals surface area contributed by atoms with Crippen LogP contribution in [0, 0.1) is 0 Å². The molecule has 0 aromatic carbocycles. The molecule has 28 heavy (non-hydrogen) atoms. The fourth-order valence-electron chi connectivity index (χ4n) is 2.64. The fraction of sp³-hybridized carbons (Fsp3) is 0.632. The molecular weight excluding hydrogens is 380 g/mol. The molecule has 8 nitrogen and oxygen atoms in total. The molecule has 1 aromatic heterocycles. The van der Waals surface area contributed by atoms with Gasteiger partial charge in [-0.1, -0.05) is 26.8 Å². The first-order valence-electron chi connectivity index (χ1n) is 9.39. The van der Waals surface area contributed by atoms with Crippen molar-refractivity contribution >= 4 is 14.3 Å². The third kappa shape index (κ3) is 5.30. The highest BCUT2D eigenvalue weighted by atomic mass is 28.4. The second-order valence-electron chi connectivity index (χ2n) is 8.45. The van der Waals surface area contributed by atoms with Gasteiger partial charge >= 0.3 is 11.7 Å². The number of nitrogens with one attached hydrogen (secondary N) is 1. The van der Waals surface area contributed by atoms with E-state index in [0.717, 1.165) is 0 Å². The molecule has 2 rings (SSSR count). The normalized spacial score (nSPS) is 23.3. The molecule has 9 heteroatoms. The van der Waals surface area contributed by atoms with Crippen LogP contribution < -0.4 is 11.2 Å². The highest BCUT2D eigenvalue weighted by Gasteiger charge is 2.42. The average molecular weight is 411 g/mol. The zero-order chi connectivity index (χ0) is 21.1. The first kappa shape index (κ1) is 22.3. The number of allylic oxidation sites excluding steroid dienone is 1. The molecule has 1 N–H and O–H groups in total. The largest absolute Gasteiger partial charge is 0.454 e. The van der Waals surface area contributed by atoms with E-state index in [9.17, 15) is 14.4 Å². The second-order valence-corrected chi connectivity index (χ2v) is 13.3. The van der Waals surface area contributed by atoms with Crippen molar-refractivity contribution in [2.24, 2.45) is 0 Å². The molecule has 1 aromatic rings. The third-order valence-corrected chi connectivity index (χ3v) is 9.78. The zero-order valence-electron chi connectivity index (χ0n) is 17.4. The Hall–Kier alpha value is -1.97. The Bertz CT molecular complexity index is 836. The monoisotopic (exact) mass is 410 g/mol. The average Bonchev–Trinajstić information content (AvgIpc) is 2.95. The zero-order valence-corrected chi connectivity index (χ0v) is 18.4. The van der Waals surface area contributed by atoms with Gasteiger partial charge in [-0.05, 0) is 25.1 Å². The van der Waals surface area contributed by atoms with Gasteiger partial charge in [-0.25, -0.2) is 9.59 Å². The summed E-state index contributed by atoms with van der Waals surface area (Å²) in [4.78, 5) is 37.7. The minimum absolute atomic E-state index is 0.0542. The summed E-state index contributed by atoms with van der Waals surface area (Å²) >= 11 is 0. The van der Waals surface area contributed by atoms with Gasteiger partial charge in [0.2, 0.25) is 0 Å². The standard InChI is InChI=1S/C19H30N2O6Si/c1-7-8-16(23)27-14-11-13(12-25-28(5,6)19(2,3)4)26-17(14)21-10-9-15(22)20-18(21)24/h7-10,13-14,17H,11-12H2,1-6H3,(H,20,22,24)/b8-7+/t13-,14+,17+/m0/s1. The summed E-state index contributed by atoms with van der Waals surface area (Å²) < 4.78 is 19.0. The van der Waals surface area contributed by atoms with Crippen LogP contribution in [0.5, 0.6) is 0 Å². The fourth-order valence-corrected chi connectivity index (χ4v) is 3.68. The minimum atomic E-state index is -1.97. The lowest BCUT2D eigenvalue weighted by Crippen LogP contribution is -2.42. The Balaban J connectivity index is 2.20. The Morgan fingerprint density at radius 1 is 1.39 bits per heavy atom. The van der Waals surface area contributed by atoms with Gasteiger partial charge in [-0.3, -0.25) is 14.3 Å². The Labute approximate surface area is 165 Å². The maximum absolute atomic E-state index is 12.2. The highest BCUT2D eigenvalue weighted by molar-refractivity contribution is 6.74. The Kier molecular flexibility index (Phi) is 6.84.